The minimum atomic E-state index is -1.16. The summed E-state index contributed by atoms with van der Waals surface area (Å²) in [5, 5.41) is 26.2. The van der Waals surface area contributed by atoms with E-state index in [4.69, 9.17) is 4.74 Å². The zero-order valence-electron chi connectivity index (χ0n) is 16.1. The van der Waals surface area contributed by atoms with Gasteiger partial charge in [0.25, 0.3) is 5.91 Å². The number of hydrogen-bond acceptors (Lipinski definition) is 6. The van der Waals surface area contributed by atoms with Crippen LogP contribution in [0.3, 0.4) is 0 Å². The quantitative estimate of drug-likeness (QED) is 0.703. The van der Waals surface area contributed by atoms with Crippen LogP contribution in [0, 0.1) is 0 Å². The van der Waals surface area contributed by atoms with Gasteiger partial charge in [-0.25, -0.2) is 14.6 Å². The van der Waals surface area contributed by atoms with Gasteiger partial charge >= 0.3 is 12.1 Å². The number of hydrogen-bond donors (Lipinski definition) is 3. The molecular formula is C19H25N3O6. The van der Waals surface area contributed by atoms with Gasteiger partial charge in [0, 0.05) is 12.6 Å². The number of nitrogens with one attached hydrogen (secondary N) is 1. The van der Waals surface area contributed by atoms with E-state index in [1.54, 1.807) is 32.9 Å². The first-order chi connectivity index (χ1) is 13.1. The maximum atomic E-state index is 13.0. The lowest BCUT2D eigenvalue weighted by Crippen LogP contribution is -2.54. The molecule has 1 aliphatic heterocycles. The third-order valence-corrected chi connectivity index (χ3v) is 3.95. The summed E-state index contributed by atoms with van der Waals surface area (Å²) in [6.45, 7) is 5.08. The fraction of sp³-hybridized carbons (Fsp3) is 0.474. The Kier molecular flexibility index (Phi) is 6.61. The van der Waals surface area contributed by atoms with Crippen LogP contribution in [0.15, 0.2) is 29.4 Å². The van der Waals surface area contributed by atoms with Crippen LogP contribution in [0.4, 0.5) is 4.79 Å². The van der Waals surface area contributed by atoms with E-state index in [0.29, 0.717) is 12.0 Å². The highest BCUT2D eigenvalue weighted by Crippen LogP contribution is 2.18. The van der Waals surface area contributed by atoms with Gasteiger partial charge in [-0.1, -0.05) is 12.1 Å². The van der Waals surface area contributed by atoms with Crippen molar-refractivity contribution in [3.8, 4) is 5.75 Å². The number of ether oxygens (including phenoxy) is 1. The second kappa shape index (κ2) is 8.73. The normalized spacial score (nSPS) is 17.7. The van der Waals surface area contributed by atoms with E-state index in [-0.39, 0.29) is 18.6 Å². The molecule has 2 amide bonds. The third-order valence-electron chi connectivity index (χ3n) is 3.95. The first-order valence-electron chi connectivity index (χ1n) is 8.92. The summed E-state index contributed by atoms with van der Waals surface area (Å²) < 4.78 is 5.22. The number of nitrogens with zero attached hydrogens (tertiary/aromatic N) is 2. The van der Waals surface area contributed by atoms with Gasteiger partial charge in [-0.2, -0.15) is 5.10 Å². The predicted molar refractivity (Wildman–Crippen MR) is 101 cm³/mol. The van der Waals surface area contributed by atoms with Crippen molar-refractivity contribution in [1.29, 1.82) is 0 Å². The molecule has 0 saturated heterocycles. The largest absolute Gasteiger partial charge is 0.508 e. The molecule has 1 aliphatic rings. The molecule has 9 heteroatoms. The summed E-state index contributed by atoms with van der Waals surface area (Å²) in [5.41, 5.74) is -0.0941. The van der Waals surface area contributed by atoms with Crippen LogP contribution in [-0.4, -0.2) is 57.1 Å². The fourth-order valence-corrected chi connectivity index (χ4v) is 2.70. The van der Waals surface area contributed by atoms with Crippen LogP contribution >= 0.6 is 0 Å². The molecule has 9 nitrogen and oxygen atoms in total. The minimum absolute atomic E-state index is 0.0679. The molecule has 0 radical (unpaired) electrons. The highest BCUT2D eigenvalue weighted by Gasteiger charge is 2.36. The van der Waals surface area contributed by atoms with Gasteiger partial charge in [0.1, 0.15) is 17.4 Å². The highest BCUT2D eigenvalue weighted by molar-refractivity contribution is 5.90. The van der Waals surface area contributed by atoms with Crippen LogP contribution in [0.1, 0.15) is 39.2 Å². The molecule has 0 fully saturated rings. The summed E-state index contributed by atoms with van der Waals surface area (Å²) in [5.74, 6) is -1.74. The van der Waals surface area contributed by atoms with Crippen LogP contribution < -0.4 is 5.32 Å². The Morgan fingerprint density at radius 3 is 2.50 bits per heavy atom. The Balaban J connectivity index is 2.25. The number of amides is 2. The topological polar surface area (TPSA) is 129 Å². The molecule has 2 rings (SSSR count). The van der Waals surface area contributed by atoms with E-state index < -0.39 is 35.7 Å². The molecule has 3 N–H and O–H groups in total. The number of alkyl carbamates (subject to hydrolysis) is 1. The van der Waals surface area contributed by atoms with Crippen molar-refractivity contribution >= 4 is 24.2 Å². The number of benzene rings is 1. The number of hydrazone groups is 1. The fourth-order valence-electron chi connectivity index (χ4n) is 2.70. The Bertz CT molecular complexity index is 754. The zero-order chi connectivity index (χ0) is 20.9. The monoisotopic (exact) mass is 391 g/mol. The molecule has 0 aromatic heterocycles. The molecule has 1 aromatic rings. The van der Waals surface area contributed by atoms with Gasteiger partial charge in [-0.3, -0.25) is 4.79 Å². The molecule has 28 heavy (non-hydrogen) atoms. The standard InChI is InChI=1S/C19H25N3O6/c1-19(2,3)28-18(27)21-14(11-12-6-8-13(23)9-7-12)16(24)22-15(17(25)26)5-4-10-20-22/h6-10,14-15,23H,4-5,11H2,1-3H3,(H,21,27)(H,25,26). The number of aromatic hydroxyl groups is 1. The van der Waals surface area contributed by atoms with Crippen LogP contribution in [-0.2, 0) is 20.7 Å². The van der Waals surface area contributed by atoms with E-state index >= 15 is 0 Å². The Labute approximate surface area is 163 Å². The smallest absolute Gasteiger partial charge is 0.408 e. The SMILES string of the molecule is CC(C)(C)OC(=O)NC(Cc1ccc(O)cc1)C(=O)N1N=CCCC1C(=O)O. The highest BCUT2D eigenvalue weighted by atomic mass is 16.6. The number of aliphatic carboxylic acids is 1. The molecular weight excluding hydrogens is 366 g/mol. The number of carboxylic acids is 1. The van der Waals surface area contributed by atoms with Crippen LogP contribution in [0.2, 0.25) is 0 Å². The number of phenols is 1. The van der Waals surface area contributed by atoms with Crippen LogP contribution in [0.5, 0.6) is 5.75 Å². The van der Waals surface area contributed by atoms with E-state index in [9.17, 15) is 24.6 Å². The zero-order valence-corrected chi connectivity index (χ0v) is 16.1. The van der Waals surface area contributed by atoms with Crippen molar-refractivity contribution in [2.75, 3.05) is 0 Å². The van der Waals surface area contributed by atoms with Gasteiger partial charge < -0.3 is 20.3 Å². The number of carbonyl (C=O) groups is 3. The first-order valence-corrected chi connectivity index (χ1v) is 8.92. The van der Waals surface area contributed by atoms with E-state index in [0.717, 1.165) is 5.01 Å². The average molecular weight is 391 g/mol. The van der Waals surface area contributed by atoms with Gasteiger partial charge in [0.2, 0.25) is 0 Å². The van der Waals surface area contributed by atoms with Crippen molar-refractivity contribution in [1.82, 2.24) is 10.3 Å². The first kappa shape index (κ1) is 21.2. The van der Waals surface area contributed by atoms with Gasteiger partial charge in [0.15, 0.2) is 6.04 Å². The summed E-state index contributed by atoms with van der Waals surface area (Å²) in [6.07, 6.45) is 1.45. The lowest BCUT2D eigenvalue weighted by Gasteiger charge is -2.31. The molecule has 1 heterocycles. The Morgan fingerprint density at radius 2 is 1.93 bits per heavy atom. The molecule has 0 spiro atoms. The predicted octanol–water partition coefficient (Wildman–Crippen LogP) is 1.89. The number of carbonyl (C=O) groups excluding carboxylic acids is 2. The van der Waals surface area contributed by atoms with E-state index in [1.165, 1.54) is 18.3 Å². The van der Waals surface area contributed by atoms with E-state index in [2.05, 4.69) is 10.4 Å². The van der Waals surface area contributed by atoms with Gasteiger partial charge in [-0.15, -0.1) is 0 Å². The number of carboxylic acid groups (broad SMARTS) is 1. The van der Waals surface area contributed by atoms with Crippen molar-refractivity contribution < 1.29 is 29.3 Å². The molecule has 2 unspecified atom stereocenters. The van der Waals surface area contributed by atoms with Crippen molar-refractivity contribution in [2.24, 2.45) is 5.10 Å². The molecule has 0 aliphatic carbocycles. The maximum Gasteiger partial charge on any atom is 0.408 e. The number of phenolic OH excluding ortho intramolecular Hbond substituents is 1. The lowest BCUT2D eigenvalue weighted by atomic mass is 10.0. The molecule has 2 atom stereocenters. The summed E-state index contributed by atoms with van der Waals surface area (Å²) in [7, 11) is 0. The lowest BCUT2D eigenvalue weighted by molar-refractivity contribution is -0.151. The average Bonchev–Trinajstić information content (AvgIpc) is 2.60. The molecule has 0 saturated carbocycles. The van der Waals surface area contributed by atoms with Crippen molar-refractivity contribution in [2.45, 2.75) is 57.7 Å². The minimum Gasteiger partial charge on any atom is -0.508 e. The summed E-state index contributed by atoms with van der Waals surface area (Å²) >= 11 is 0. The second-order valence-corrected chi connectivity index (χ2v) is 7.48. The van der Waals surface area contributed by atoms with Crippen molar-refractivity contribution in [3.05, 3.63) is 29.8 Å². The molecule has 152 valence electrons. The molecule has 0 bridgehead atoms. The Morgan fingerprint density at radius 1 is 1.29 bits per heavy atom. The maximum absolute atomic E-state index is 13.0. The van der Waals surface area contributed by atoms with Gasteiger partial charge in [-0.05, 0) is 51.3 Å². The number of rotatable bonds is 5. The Hall–Kier alpha value is -3.10. The van der Waals surface area contributed by atoms with Gasteiger partial charge in [0.05, 0.1) is 0 Å². The second-order valence-electron chi connectivity index (χ2n) is 7.48. The summed E-state index contributed by atoms with van der Waals surface area (Å²) in [4.78, 5) is 36.7. The molecule has 1 aromatic carbocycles. The van der Waals surface area contributed by atoms with Crippen molar-refractivity contribution in [3.63, 3.8) is 0 Å². The van der Waals surface area contributed by atoms with Crippen LogP contribution in [0.25, 0.3) is 0 Å². The van der Waals surface area contributed by atoms with E-state index in [1.807, 2.05) is 0 Å². The summed E-state index contributed by atoms with van der Waals surface area (Å²) in [6, 6.07) is 3.96. The third kappa shape index (κ3) is 5.97.